The molecule has 1 aromatic rings. The van der Waals surface area contributed by atoms with E-state index in [1.54, 1.807) is 4.90 Å². The minimum Gasteiger partial charge on any atom is -0.504 e. The van der Waals surface area contributed by atoms with Gasteiger partial charge in [-0.15, -0.1) is 0 Å². The smallest absolute Gasteiger partial charge is 0.249 e. The molecule has 4 N–H and O–H groups in total. The number of aromatic hydroxyl groups is 2. The third-order valence-electron chi connectivity index (χ3n) is 4.06. The largest absolute Gasteiger partial charge is 0.504 e. The van der Waals surface area contributed by atoms with Crippen molar-refractivity contribution in [2.75, 3.05) is 13.1 Å². The van der Waals surface area contributed by atoms with E-state index in [0.717, 1.165) is 12.8 Å². The Morgan fingerprint density at radius 2 is 2.09 bits per heavy atom. The number of carbonyl (C=O) groups excluding carboxylic acids is 2. The number of aliphatic hydroxyl groups excluding tert-OH is 1. The van der Waals surface area contributed by atoms with Gasteiger partial charge in [0.15, 0.2) is 11.5 Å². The Labute approximate surface area is 134 Å². The van der Waals surface area contributed by atoms with Gasteiger partial charge in [-0.2, -0.15) is 0 Å². The minimum atomic E-state index is -1.33. The van der Waals surface area contributed by atoms with Gasteiger partial charge >= 0.3 is 0 Å². The quantitative estimate of drug-likeness (QED) is 0.576. The highest BCUT2D eigenvalue weighted by Crippen LogP contribution is 2.25. The van der Waals surface area contributed by atoms with E-state index in [4.69, 9.17) is 0 Å². The zero-order chi connectivity index (χ0) is 17.0. The molecule has 0 radical (unpaired) electrons. The van der Waals surface area contributed by atoms with Crippen LogP contribution in [-0.2, 0) is 16.0 Å². The number of likely N-dealkylation sites (tertiary alicyclic amines) is 1. The lowest BCUT2D eigenvalue weighted by Crippen LogP contribution is -2.44. The van der Waals surface area contributed by atoms with Crippen LogP contribution in [-0.4, -0.2) is 57.3 Å². The van der Waals surface area contributed by atoms with E-state index < -0.39 is 12.0 Å². The summed E-state index contributed by atoms with van der Waals surface area (Å²) in [6.07, 6.45) is 0.580. The number of nitrogens with zero attached hydrogens (tertiary/aromatic N) is 1. The van der Waals surface area contributed by atoms with Crippen molar-refractivity contribution in [1.82, 2.24) is 10.2 Å². The predicted octanol–water partition coefficient (Wildman–Crippen LogP) is 0.128. The monoisotopic (exact) mass is 322 g/mol. The van der Waals surface area contributed by atoms with E-state index >= 15 is 0 Å². The van der Waals surface area contributed by atoms with Gasteiger partial charge in [0.05, 0.1) is 6.54 Å². The Kier molecular flexibility index (Phi) is 5.44. The van der Waals surface area contributed by atoms with Crippen LogP contribution < -0.4 is 5.32 Å². The summed E-state index contributed by atoms with van der Waals surface area (Å²) < 4.78 is 0. The summed E-state index contributed by atoms with van der Waals surface area (Å²) in [5.41, 5.74) is 0.502. The maximum Gasteiger partial charge on any atom is 0.249 e. The average Bonchev–Trinajstić information content (AvgIpc) is 2.94. The van der Waals surface area contributed by atoms with Gasteiger partial charge in [-0.25, -0.2) is 0 Å². The molecule has 1 fully saturated rings. The van der Waals surface area contributed by atoms with Crippen molar-refractivity contribution < 1.29 is 24.9 Å². The highest BCUT2D eigenvalue weighted by atomic mass is 16.3. The minimum absolute atomic E-state index is 0.0199. The van der Waals surface area contributed by atoms with Gasteiger partial charge < -0.3 is 25.5 Å². The molecular weight excluding hydrogens is 300 g/mol. The van der Waals surface area contributed by atoms with Gasteiger partial charge in [0.2, 0.25) is 11.8 Å². The summed E-state index contributed by atoms with van der Waals surface area (Å²) in [6, 6.07) is 4.25. The van der Waals surface area contributed by atoms with Crippen molar-refractivity contribution in [2.24, 2.45) is 0 Å². The number of aliphatic hydroxyl groups is 1. The second-order valence-electron chi connectivity index (χ2n) is 5.84. The van der Waals surface area contributed by atoms with Crippen LogP contribution in [0.4, 0.5) is 0 Å². The molecule has 2 amide bonds. The van der Waals surface area contributed by atoms with Crippen LogP contribution in [0.5, 0.6) is 11.5 Å². The summed E-state index contributed by atoms with van der Waals surface area (Å²) in [5.74, 6) is -1.37. The molecule has 126 valence electrons. The lowest BCUT2D eigenvalue weighted by molar-refractivity contribution is -0.135. The number of benzene rings is 1. The number of phenols is 2. The molecule has 7 heteroatoms. The first-order valence-electron chi connectivity index (χ1n) is 7.64. The van der Waals surface area contributed by atoms with Gasteiger partial charge in [0.1, 0.15) is 6.10 Å². The van der Waals surface area contributed by atoms with Crippen LogP contribution in [0.3, 0.4) is 0 Å². The molecule has 0 saturated carbocycles. The normalized spacial score (nSPS) is 18.7. The van der Waals surface area contributed by atoms with Gasteiger partial charge in [0, 0.05) is 19.0 Å². The van der Waals surface area contributed by atoms with Crippen LogP contribution >= 0.6 is 0 Å². The number of nitrogens with one attached hydrogen (secondary N) is 1. The highest BCUT2D eigenvalue weighted by molar-refractivity contribution is 5.87. The molecule has 0 aliphatic carbocycles. The third-order valence-corrected chi connectivity index (χ3v) is 4.06. The molecule has 23 heavy (non-hydrogen) atoms. The molecule has 0 aromatic heterocycles. The van der Waals surface area contributed by atoms with Crippen LogP contribution in [0.2, 0.25) is 0 Å². The fraction of sp³-hybridized carbons (Fsp3) is 0.500. The maximum atomic E-state index is 12.0. The van der Waals surface area contributed by atoms with Gasteiger partial charge in [-0.05, 0) is 37.5 Å². The molecule has 1 aliphatic heterocycles. The van der Waals surface area contributed by atoms with E-state index in [1.165, 1.54) is 18.2 Å². The number of rotatable bonds is 5. The molecule has 0 bridgehead atoms. The molecule has 1 saturated heterocycles. The SMILES string of the molecule is CC1CCCN1C(=O)CNC(=O)C(O)Cc1ccc(O)c(O)c1. The lowest BCUT2D eigenvalue weighted by atomic mass is 10.1. The van der Waals surface area contributed by atoms with Gasteiger partial charge in [-0.3, -0.25) is 9.59 Å². The average molecular weight is 322 g/mol. The van der Waals surface area contributed by atoms with Crippen LogP contribution in [0, 0.1) is 0 Å². The van der Waals surface area contributed by atoms with Crippen molar-refractivity contribution in [1.29, 1.82) is 0 Å². The molecule has 1 heterocycles. The van der Waals surface area contributed by atoms with Crippen molar-refractivity contribution in [3.05, 3.63) is 23.8 Å². The standard InChI is InChI=1S/C16H22N2O5/c1-10-3-2-6-18(10)15(22)9-17-16(23)14(21)8-11-4-5-12(19)13(20)7-11/h4-5,7,10,14,19-21H,2-3,6,8-9H2,1H3,(H,17,23). The molecular formula is C16H22N2O5. The van der Waals surface area contributed by atoms with Gasteiger partial charge in [0.25, 0.3) is 0 Å². The summed E-state index contributed by atoms with van der Waals surface area (Å²) >= 11 is 0. The molecule has 7 nitrogen and oxygen atoms in total. The number of carbonyl (C=O) groups is 2. The van der Waals surface area contributed by atoms with Crippen LogP contribution in [0.15, 0.2) is 18.2 Å². The van der Waals surface area contributed by atoms with Crippen molar-refractivity contribution >= 4 is 11.8 Å². The van der Waals surface area contributed by atoms with Crippen molar-refractivity contribution in [3.63, 3.8) is 0 Å². The molecule has 1 aliphatic rings. The predicted molar refractivity (Wildman–Crippen MR) is 82.9 cm³/mol. The molecule has 2 rings (SSSR count). The molecule has 2 unspecified atom stereocenters. The van der Waals surface area contributed by atoms with Crippen molar-refractivity contribution in [3.8, 4) is 11.5 Å². The van der Waals surface area contributed by atoms with Crippen molar-refractivity contribution in [2.45, 2.75) is 38.3 Å². The van der Waals surface area contributed by atoms with Crippen LogP contribution in [0.1, 0.15) is 25.3 Å². The summed E-state index contributed by atoms with van der Waals surface area (Å²) in [5, 5.41) is 30.9. The number of hydrogen-bond donors (Lipinski definition) is 4. The Morgan fingerprint density at radius 3 is 2.70 bits per heavy atom. The summed E-state index contributed by atoms with van der Waals surface area (Å²) in [6.45, 7) is 2.53. The second kappa shape index (κ2) is 7.32. The fourth-order valence-corrected chi connectivity index (χ4v) is 2.70. The highest BCUT2D eigenvalue weighted by Gasteiger charge is 2.25. The maximum absolute atomic E-state index is 12.0. The fourth-order valence-electron chi connectivity index (χ4n) is 2.70. The number of amides is 2. The Bertz CT molecular complexity index is 590. The van der Waals surface area contributed by atoms with E-state index in [1.807, 2.05) is 6.92 Å². The number of phenolic OH excluding ortho intramolecular Hbond substituents is 2. The Morgan fingerprint density at radius 1 is 1.35 bits per heavy atom. The van der Waals surface area contributed by atoms with E-state index in [-0.39, 0.29) is 36.4 Å². The third kappa shape index (κ3) is 4.35. The van der Waals surface area contributed by atoms with E-state index in [9.17, 15) is 24.9 Å². The second-order valence-corrected chi connectivity index (χ2v) is 5.84. The zero-order valence-electron chi connectivity index (χ0n) is 13.0. The Balaban J connectivity index is 1.82. The molecule has 0 spiro atoms. The first-order valence-corrected chi connectivity index (χ1v) is 7.64. The first-order chi connectivity index (χ1) is 10.9. The van der Waals surface area contributed by atoms with Gasteiger partial charge in [-0.1, -0.05) is 6.07 Å². The summed E-state index contributed by atoms with van der Waals surface area (Å²) in [4.78, 5) is 25.6. The zero-order valence-corrected chi connectivity index (χ0v) is 13.0. The molecule has 1 aromatic carbocycles. The lowest BCUT2D eigenvalue weighted by Gasteiger charge is -2.22. The Hall–Kier alpha value is -2.28. The van der Waals surface area contributed by atoms with E-state index in [0.29, 0.717) is 12.1 Å². The number of hydrogen-bond acceptors (Lipinski definition) is 5. The molecule has 2 atom stereocenters. The van der Waals surface area contributed by atoms with Crippen LogP contribution in [0.25, 0.3) is 0 Å². The summed E-state index contributed by atoms with van der Waals surface area (Å²) in [7, 11) is 0. The van der Waals surface area contributed by atoms with E-state index in [2.05, 4.69) is 5.32 Å². The first kappa shape index (κ1) is 17.1. The topological polar surface area (TPSA) is 110 Å².